The minimum absolute atomic E-state index is 0.0717. The van der Waals surface area contributed by atoms with Crippen LogP contribution in [0.1, 0.15) is 34.6 Å². The number of carbonyl (C=O) groups is 1. The van der Waals surface area contributed by atoms with Crippen LogP contribution in [0.5, 0.6) is 11.5 Å². The van der Waals surface area contributed by atoms with E-state index in [9.17, 15) is 19.5 Å². The van der Waals surface area contributed by atoms with Gasteiger partial charge in [0.1, 0.15) is 24.1 Å². The van der Waals surface area contributed by atoms with Gasteiger partial charge in [-0.2, -0.15) is 5.09 Å². The zero-order valence-electron chi connectivity index (χ0n) is 20.0. The first-order valence-corrected chi connectivity index (χ1v) is 12.5. The molecule has 0 aliphatic carbocycles. The smallest absolute Gasteiger partial charge is 0.463 e. The van der Waals surface area contributed by atoms with Crippen molar-refractivity contribution in [3.63, 3.8) is 0 Å². The van der Waals surface area contributed by atoms with E-state index in [2.05, 4.69) is 37.7 Å². The Bertz CT molecular complexity index is 976. The molecule has 0 amide bonds. The summed E-state index contributed by atoms with van der Waals surface area (Å²) in [6, 6.07) is 12.9. The highest BCUT2D eigenvalue weighted by Crippen LogP contribution is 2.45. The van der Waals surface area contributed by atoms with Crippen LogP contribution < -0.4 is 14.1 Å². The fourth-order valence-corrected chi connectivity index (χ4v) is 4.76. The topological polar surface area (TPSA) is 120 Å². The third kappa shape index (κ3) is 8.44. The van der Waals surface area contributed by atoms with Gasteiger partial charge in [-0.3, -0.25) is 19.8 Å². The zero-order valence-corrected chi connectivity index (χ0v) is 20.9. The van der Waals surface area contributed by atoms with Gasteiger partial charge in [-0.15, -0.1) is 0 Å². The summed E-state index contributed by atoms with van der Waals surface area (Å²) in [4.78, 5) is 25.1. The zero-order chi connectivity index (χ0) is 25.3. The van der Waals surface area contributed by atoms with Crippen LogP contribution in [0.2, 0.25) is 0 Å². The summed E-state index contributed by atoms with van der Waals surface area (Å²) in [5.41, 5.74) is -0.145. The molecule has 2 rings (SSSR count). The van der Waals surface area contributed by atoms with Crippen LogP contribution in [0.3, 0.4) is 0 Å². The Hall–Kier alpha value is -2.94. The van der Waals surface area contributed by atoms with E-state index in [0.717, 1.165) is 0 Å². The Labute approximate surface area is 199 Å². The molecule has 0 heterocycles. The molecule has 2 unspecified atom stereocenters. The molecule has 0 aromatic heterocycles. The second-order valence-corrected chi connectivity index (χ2v) is 9.81. The lowest BCUT2D eigenvalue weighted by Crippen LogP contribution is -2.41. The summed E-state index contributed by atoms with van der Waals surface area (Å²) in [7, 11) is -4.13. The van der Waals surface area contributed by atoms with Crippen molar-refractivity contribution in [2.75, 3.05) is 13.2 Å². The van der Waals surface area contributed by atoms with Crippen molar-refractivity contribution in [3.8, 4) is 11.5 Å². The molecule has 1 N–H and O–H groups in total. The number of rotatable bonds is 13. The summed E-state index contributed by atoms with van der Waals surface area (Å²) in [6.07, 6.45) is 0. The number of nitrogens with zero attached hydrogens (tertiary/aromatic N) is 2. The number of carbonyl (C=O) groups excluding carboxylic acids is 1. The highest BCUT2D eigenvalue weighted by molar-refractivity contribution is 7.52. The van der Waals surface area contributed by atoms with Crippen LogP contribution in [0.15, 0.2) is 54.6 Å². The highest BCUT2D eigenvalue weighted by atomic mass is 31.2. The Morgan fingerprint density at radius 1 is 0.971 bits per heavy atom. The molecule has 0 bridgehead atoms. The van der Waals surface area contributed by atoms with Crippen molar-refractivity contribution in [3.05, 3.63) is 64.7 Å². The molecule has 0 aliphatic heterocycles. The first-order chi connectivity index (χ1) is 16.0. The molecular weight excluding hydrogens is 461 g/mol. The van der Waals surface area contributed by atoms with E-state index in [0.29, 0.717) is 18.6 Å². The molecule has 0 radical (unpaired) electrons. The van der Waals surface area contributed by atoms with Crippen molar-refractivity contribution < 1.29 is 28.1 Å². The molecule has 186 valence electrons. The van der Waals surface area contributed by atoms with E-state index < -0.39 is 24.7 Å². The largest absolute Gasteiger partial charge is 0.513 e. The van der Waals surface area contributed by atoms with Gasteiger partial charge >= 0.3 is 13.7 Å². The lowest BCUT2D eigenvalue weighted by atomic mass is 10.2. The molecule has 2 aromatic carbocycles. The van der Waals surface area contributed by atoms with Gasteiger partial charge in [-0.25, -0.2) is 4.57 Å². The van der Waals surface area contributed by atoms with Crippen LogP contribution in [-0.4, -0.2) is 47.1 Å². The second kappa shape index (κ2) is 12.5. The van der Waals surface area contributed by atoms with Crippen LogP contribution in [0.4, 0.5) is 5.69 Å². The van der Waals surface area contributed by atoms with E-state index in [-0.39, 0.29) is 23.8 Å². The van der Waals surface area contributed by atoms with Crippen LogP contribution in [0, 0.1) is 10.1 Å². The monoisotopic (exact) mass is 493 g/mol. The third-order valence-corrected chi connectivity index (χ3v) is 6.47. The Kier molecular flexibility index (Phi) is 10.0. The molecule has 11 heteroatoms. The number of nitro groups is 1. The van der Waals surface area contributed by atoms with Crippen molar-refractivity contribution in [2.45, 2.75) is 52.7 Å². The van der Waals surface area contributed by atoms with Gasteiger partial charge in [0.05, 0.1) is 4.92 Å². The highest BCUT2D eigenvalue weighted by Gasteiger charge is 2.34. The molecular formula is C23H32N3O7P. The van der Waals surface area contributed by atoms with E-state index >= 15 is 0 Å². The van der Waals surface area contributed by atoms with Crippen molar-refractivity contribution in [1.29, 1.82) is 0 Å². The van der Waals surface area contributed by atoms with E-state index in [1.807, 2.05) is 0 Å². The molecule has 10 nitrogen and oxygen atoms in total. The summed E-state index contributed by atoms with van der Waals surface area (Å²) in [6.45, 7) is 10.5. The maximum Gasteiger partial charge on any atom is 0.513 e. The molecule has 34 heavy (non-hydrogen) atoms. The van der Waals surface area contributed by atoms with Gasteiger partial charge in [0.15, 0.2) is 0 Å². The summed E-state index contributed by atoms with van der Waals surface area (Å²) in [5, 5.41) is 13.5. The molecule has 0 saturated heterocycles. The average molecular weight is 493 g/mol. The number of ether oxygens (including phenoxy) is 1. The maximum absolute atomic E-state index is 13.5. The summed E-state index contributed by atoms with van der Waals surface area (Å²) >= 11 is 0. The standard InChI is InChI=1S/C23H32N3O7P/c1-17(2)25(18(3)4)15-16-31-23(27)19(5)24-34(30,32-21-9-7-6-8-10-21)33-22-13-11-20(12-14-22)26(28)29/h6-14,17-19H,15-16H2,1-5H3,(H,24,30). The van der Waals surface area contributed by atoms with Gasteiger partial charge < -0.3 is 13.8 Å². The number of para-hydroxylation sites is 1. The van der Waals surface area contributed by atoms with E-state index in [1.54, 1.807) is 30.3 Å². The van der Waals surface area contributed by atoms with E-state index in [4.69, 9.17) is 13.8 Å². The lowest BCUT2D eigenvalue weighted by Gasteiger charge is -2.30. The number of hydrogen-bond acceptors (Lipinski definition) is 8. The van der Waals surface area contributed by atoms with Crippen LogP contribution in [-0.2, 0) is 14.1 Å². The maximum atomic E-state index is 13.5. The van der Waals surface area contributed by atoms with Gasteiger partial charge in [0.25, 0.3) is 5.69 Å². The van der Waals surface area contributed by atoms with Crippen molar-refractivity contribution in [2.24, 2.45) is 0 Å². The second-order valence-electron chi connectivity index (χ2n) is 8.19. The molecule has 0 fully saturated rings. The number of nitro benzene ring substituents is 1. The number of non-ortho nitro benzene ring substituents is 1. The van der Waals surface area contributed by atoms with E-state index in [1.165, 1.54) is 31.2 Å². The number of nitrogens with one attached hydrogen (secondary N) is 1. The first-order valence-electron chi connectivity index (χ1n) is 11.0. The Morgan fingerprint density at radius 3 is 2.00 bits per heavy atom. The normalized spacial score (nSPS) is 14.0. The number of hydrogen-bond donors (Lipinski definition) is 1. The van der Waals surface area contributed by atoms with Crippen LogP contribution >= 0.6 is 7.75 Å². The van der Waals surface area contributed by atoms with Gasteiger partial charge in [0.2, 0.25) is 0 Å². The quantitative estimate of drug-likeness (QED) is 0.181. The first kappa shape index (κ1) is 27.3. The molecule has 0 aliphatic rings. The predicted octanol–water partition coefficient (Wildman–Crippen LogP) is 4.80. The molecule has 0 saturated carbocycles. The predicted molar refractivity (Wildman–Crippen MR) is 129 cm³/mol. The Balaban J connectivity index is 2.10. The van der Waals surface area contributed by atoms with Gasteiger partial charge in [-0.1, -0.05) is 18.2 Å². The minimum Gasteiger partial charge on any atom is -0.463 e. The van der Waals surface area contributed by atoms with Crippen LogP contribution in [0.25, 0.3) is 0 Å². The third-order valence-electron chi connectivity index (χ3n) is 4.87. The fourth-order valence-electron chi connectivity index (χ4n) is 3.24. The molecule has 2 aromatic rings. The van der Waals surface area contributed by atoms with Crippen molar-refractivity contribution >= 4 is 19.4 Å². The average Bonchev–Trinajstić information content (AvgIpc) is 2.76. The minimum atomic E-state index is -4.13. The Morgan fingerprint density at radius 2 is 1.50 bits per heavy atom. The molecule has 0 spiro atoms. The summed E-state index contributed by atoms with van der Waals surface area (Å²) < 4.78 is 30.0. The fraction of sp³-hybridized carbons (Fsp3) is 0.435. The van der Waals surface area contributed by atoms with Crippen molar-refractivity contribution in [1.82, 2.24) is 9.99 Å². The SMILES string of the molecule is CC(NP(=O)(Oc1ccccc1)Oc1ccc([N+](=O)[O-])cc1)C(=O)OCCN(C(C)C)C(C)C. The number of esters is 1. The number of benzene rings is 2. The lowest BCUT2D eigenvalue weighted by molar-refractivity contribution is -0.384. The van der Waals surface area contributed by atoms with Gasteiger partial charge in [0, 0.05) is 30.8 Å². The van der Waals surface area contributed by atoms with Gasteiger partial charge in [-0.05, 0) is 58.9 Å². The molecule has 2 atom stereocenters. The summed E-state index contributed by atoms with van der Waals surface area (Å²) in [5.74, 6) is -0.288.